The number of thiophene rings is 1. The Morgan fingerprint density at radius 2 is 0.912 bits per heavy atom. The fourth-order valence-electron chi connectivity index (χ4n) is 10.3. The zero-order valence-electron chi connectivity index (χ0n) is 37.1. The Balaban J connectivity index is 1.12. The van der Waals surface area contributed by atoms with Crippen molar-refractivity contribution in [1.82, 2.24) is 14.5 Å². The van der Waals surface area contributed by atoms with Crippen molar-refractivity contribution in [3.8, 4) is 44.8 Å². The van der Waals surface area contributed by atoms with Gasteiger partial charge in [0.25, 0.3) is 0 Å². The van der Waals surface area contributed by atoms with Crippen molar-refractivity contribution >= 4 is 70.3 Å². The number of hydrogen-bond acceptors (Lipinski definition) is 3. The summed E-state index contributed by atoms with van der Waals surface area (Å²) in [6.07, 6.45) is 3.19. The SMILES string of the molecule is C1=C(c2nc(-c3ccccc3)nc3c2sc2ccccc23)CC(c2ccc(-c3ccccc3)cc2)C(n2c3ccccc3c3cc(-c4ccccc4)ccc32)=C1c1ccc(-c2ccccc2)cc1. The Bertz CT molecular complexity index is 3890. The molecule has 0 saturated heterocycles. The molecule has 1 unspecified atom stereocenters. The van der Waals surface area contributed by atoms with Gasteiger partial charge in [-0.05, 0) is 86.8 Å². The molecule has 12 aromatic rings. The number of para-hydroxylation sites is 1. The van der Waals surface area contributed by atoms with Crippen molar-refractivity contribution in [2.24, 2.45) is 0 Å². The molecule has 0 radical (unpaired) electrons. The number of hydrogen-bond donors (Lipinski definition) is 0. The van der Waals surface area contributed by atoms with E-state index in [2.05, 4.69) is 247 Å². The normalized spacial score (nSPS) is 14.0. The largest absolute Gasteiger partial charge is 0.312 e. The van der Waals surface area contributed by atoms with E-state index in [0.717, 1.165) is 44.7 Å². The van der Waals surface area contributed by atoms with Gasteiger partial charge in [0.15, 0.2) is 5.82 Å². The topological polar surface area (TPSA) is 30.7 Å². The average molecular weight is 886 g/mol. The van der Waals surface area contributed by atoms with E-state index in [1.165, 1.54) is 82.3 Å². The Labute approximate surface area is 399 Å². The van der Waals surface area contributed by atoms with Crippen molar-refractivity contribution in [3.63, 3.8) is 0 Å². The van der Waals surface area contributed by atoms with E-state index < -0.39 is 0 Å². The van der Waals surface area contributed by atoms with Gasteiger partial charge in [-0.15, -0.1) is 11.3 Å². The van der Waals surface area contributed by atoms with Crippen LogP contribution >= 0.6 is 11.3 Å². The molecule has 3 nitrogen and oxygen atoms in total. The maximum atomic E-state index is 5.58. The van der Waals surface area contributed by atoms with Gasteiger partial charge in [0.2, 0.25) is 0 Å². The summed E-state index contributed by atoms with van der Waals surface area (Å²) >= 11 is 1.79. The van der Waals surface area contributed by atoms with E-state index in [-0.39, 0.29) is 5.92 Å². The molecule has 4 heteroatoms. The second-order valence-corrected chi connectivity index (χ2v) is 18.7. The third-order valence-corrected chi connectivity index (χ3v) is 14.8. The van der Waals surface area contributed by atoms with Gasteiger partial charge in [-0.1, -0.05) is 212 Å². The van der Waals surface area contributed by atoms with Gasteiger partial charge in [-0.2, -0.15) is 0 Å². The predicted octanol–water partition coefficient (Wildman–Crippen LogP) is 17.3. The molecule has 9 aromatic carbocycles. The highest BCUT2D eigenvalue weighted by atomic mass is 32.1. The second kappa shape index (κ2) is 16.8. The summed E-state index contributed by atoms with van der Waals surface area (Å²) in [5.41, 5.74) is 18.6. The predicted molar refractivity (Wildman–Crippen MR) is 287 cm³/mol. The summed E-state index contributed by atoms with van der Waals surface area (Å²) in [6, 6.07) is 85.7. The Kier molecular flexibility index (Phi) is 9.84. The number of aromatic nitrogens is 3. The van der Waals surface area contributed by atoms with Crippen molar-refractivity contribution in [1.29, 1.82) is 0 Å². The fourth-order valence-corrected chi connectivity index (χ4v) is 11.5. The smallest absolute Gasteiger partial charge is 0.160 e. The zero-order chi connectivity index (χ0) is 45.0. The summed E-state index contributed by atoms with van der Waals surface area (Å²) in [5, 5.41) is 3.62. The summed E-state index contributed by atoms with van der Waals surface area (Å²) in [4.78, 5) is 10.9. The molecule has 1 aliphatic rings. The van der Waals surface area contributed by atoms with Crippen molar-refractivity contribution in [3.05, 3.63) is 259 Å². The third-order valence-electron chi connectivity index (χ3n) is 13.6. The first-order chi connectivity index (χ1) is 33.7. The lowest BCUT2D eigenvalue weighted by molar-refractivity contribution is 0.843. The monoisotopic (exact) mass is 885 g/mol. The molecule has 68 heavy (non-hydrogen) atoms. The van der Waals surface area contributed by atoms with E-state index in [1.807, 2.05) is 0 Å². The van der Waals surface area contributed by atoms with Crippen LogP contribution in [0.2, 0.25) is 0 Å². The number of nitrogens with zero attached hydrogens (tertiary/aromatic N) is 3. The first-order valence-corrected chi connectivity index (χ1v) is 24.1. The Morgan fingerprint density at radius 1 is 0.412 bits per heavy atom. The van der Waals surface area contributed by atoms with E-state index in [0.29, 0.717) is 0 Å². The molecule has 0 saturated carbocycles. The van der Waals surface area contributed by atoms with E-state index in [4.69, 9.17) is 9.97 Å². The highest BCUT2D eigenvalue weighted by Gasteiger charge is 2.32. The van der Waals surface area contributed by atoms with Crippen molar-refractivity contribution in [2.75, 3.05) is 0 Å². The van der Waals surface area contributed by atoms with E-state index in [1.54, 1.807) is 11.3 Å². The van der Waals surface area contributed by atoms with E-state index in [9.17, 15) is 0 Å². The van der Waals surface area contributed by atoms with Crippen molar-refractivity contribution < 1.29 is 0 Å². The summed E-state index contributed by atoms with van der Waals surface area (Å²) in [7, 11) is 0. The van der Waals surface area contributed by atoms with Crippen molar-refractivity contribution in [2.45, 2.75) is 12.3 Å². The van der Waals surface area contributed by atoms with Crippen LogP contribution in [0.15, 0.2) is 243 Å². The summed E-state index contributed by atoms with van der Waals surface area (Å²) < 4.78 is 4.90. The highest BCUT2D eigenvalue weighted by molar-refractivity contribution is 7.26. The molecule has 0 amide bonds. The van der Waals surface area contributed by atoms with Crippen LogP contribution in [0.25, 0.3) is 104 Å². The molecule has 320 valence electrons. The summed E-state index contributed by atoms with van der Waals surface area (Å²) in [6.45, 7) is 0. The molecular formula is C64H43N3S. The molecule has 1 aliphatic carbocycles. The third kappa shape index (κ3) is 6.97. The number of benzene rings is 9. The second-order valence-electron chi connectivity index (χ2n) is 17.6. The molecule has 0 aliphatic heterocycles. The first-order valence-electron chi connectivity index (χ1n) is 23.3. The maximum absolute atomic E-state index is 5.58. The molecule has 1 atom stereocenters. The maximum Gasteiger partial charge on any atom is 0.160 e. The van der Waals surface area contributed by atoms with Gasteiger partial charge < -0.3 is 4.57 Å². The van der Waals surface area contributed by atoms with Gasteiger partial charge in [-0.25, -0.2) is 9.97 Å². The van der Waals surface area contributed by atoms with Gasteiger partial charge in [0.1, 0.15) is 0 Å². The molecule has 3 aromatic heterocycles. The van der Waals surface area contributed by atoms with Crippen LogP contribution in [0.4, 0.5) is 0 Å². The Hall–Kier alpha value is -8.44. The quantitative estimate of drug-likeness (QED) is 0.152. The minimum absolute atomic E-state index is 0.0593. The molecule has 3 heterocycles. The van der Waals surface area contributed by atoms with Crippen LogP contribution in [0.1, 0.15) is 29.2 Å². The lowest BCUT2D eigenvalue weighted by atomic mass is 9.79. The number of allylic oxidation sites excluding steroid dienone is 4. The van der Waals surface area contributed by atoms with Gasteiger partial charge in [-0.3, -0.25) is 0 Å². The zero-order valence-corrected chi connectivity index (χ0v) is 37.9. The van der Waals surface area contributed by atoms with Gasteiger partial charge >= 0.3 is 0 Å². The molecule has 0 spiro atoms. The average Bonchev–Trinajstić information content (AvgIpc) is 3.97. The number of rotatable bonds is 8. The molecule has 0 fully saturated rings. The minimum Gasteiger partial charge on any atom is -0.312 e. The van der Waals surface area contributed by atoms with Crippen LogP contribution in [0.5, 0.6) is 0 Å². The molecule has 13 rings (SSSR count). The van der Waals surface area contributed by atoms with Gasteiger partial charge in [0, 0.05) is 43.6 Å². The first kappa shape index (κ1) is 39.9. The minimum atomic E-state index is -0.0593. The fraction of sp³-hybridized carbons (Fsp3) is 0.0312. The lowest BCUT2D eigenvalue weighted by Crippen LogP contribution is -2.15. The molecular weight excluding hydrogens is 843 g/mol. The van der Waals surface area contributed by atoms with Crippen LogP contribution in [-0.2, 0) is 0 Å². The lowest BCUT2D eigenvalue weighted by Gasteiger charge is -2.31. The molecule has 0 N–H and O–H groups in total. The standard InChI is InChI=1S/C64H43N3S/c1-5-17-42(18-6-1)45-29-33-47(34-30-45)54-40-51(60-63-61(53-26-14-16-28-59(53)68-63)66-64(65-60)49-23-11-4-12-24-49)41-55(48-35-31-46(32-36-48)43-19-7-2-8-20-43)62(54)67-57-27-15-13-25-52(57)56-39-50(37-38-58(56)67)44-21-9-3-10-22-44/h1-40,55H,41H2. The van der Waals surface area contributed by atoms with Crippen LogP contribution in [0, 0.1) is 0 Å². The van der Waals surface area contributed by atoms with E-state index >= 15 is 0 Å². The van der Waals surface area contributed by atoms with Gasteiger partial charge in [0.05, 0.1) is 26.9 Å². The highest BCUT2D eigenvalue weighted by Crippen LogP contribution is 2.51. The molecule has 0 bridgehead atoms. The van der Waals surface area contributed by atoms with Crippen LogP contribution < -0.4 is 0 Å². The number of fused-ring (bicyclic) bond motifs is 6. The Morgan fingerprint density at radius 3 is 1.57 bits per heavy atom. The van der Waals surface area contributed by atoms with Crippen LogP contribution in [-0.4, -0.2) is 14.5 Å². The van der Waals surface area contributed by atoms with Crippen LogP contribution in [0.3, 0.4) is 0 Å². The summed E-state index contributed by atoms with van der Waals surface area (Å²) in [5.74, 6) is 0.678.